The molecule has 7 nitrogen and oxygen atoms in total. The minimum Gasteiger partial charge on any atom is -0.330 e. The highest BCUT2D eigenvalue weighted by molar-refractivity contribution is 6.05. The van der Waals surface area contributed by atoms with Crippen LogP contribution in [-0.4, -0.2) is 22.6 Å². The van der Waals surface area contributed by atoms with Crippen LogP contribution < -0.4 is 10.6 Å². The van der Waals surface area contributed by atoms with Crippen molar-refractivity contribution in [3.05, 3.63) is 59.3 Å². The number of pyridine rings is 1. The minimum absolute atomic E-state index is 0.182. The molecule has 1 atom stereocenters. The number of nitrogens with one attached hydrogen (secondary N) is 2. The summed E-state index contributed by atoms with van der Waals surface area (Å²) in [6, 6.07) is 7.41. The lowest BCUT2D eigenvalue weighted by Gasteiger charge is -2.29. The van der Waals surface area contributed by atoms with Crippen LogP contribution in [0, 0.1) is 17.2 Å². The third-order valence-corrected chi connectivity index (χ3v) is 4.89. The SMILES string of the molecule is N#Cc1ccc(C(NC(=O)Nc2cc(C(F)(F)F)ccn2)C2C(=O)CCCC2=O)cc1. The van der Waals surface area contributed by atoms with E-state index in [1.165, 1.54) is 24.3 Å². The second-order valence-corrected chi connectivity index (χ2v) is 7.00. The molecule has 1 unspecified atom stereocenters. The Bertz CT molecular complexity index is 1030. The molecule has 31 heavy (non-hydrogen) atoms. The van der Waals surface area contributed by atoms with Gasteiger partial charge in [0.1, 0.15) is 23.3 Å². The fraction of sp³-hybridized carbons (Fsp3) is 0.286. The quantitative estimate of drug-likeness (QED) is 0.717. The molecule has 0 radical (unpaired) electrons. The summed E-state index contributed by atoms with van der Waals surface area (Å²) in [5.74, 6) is -2.12. The maximum Gasteiger partial charge on any atom is 0.416 e. The number of carbonyl (C=O) groups is 3. The standard InChI is InChI=1S/C21H17F3N4O3/c22-21(23,24)14-8-9-26-17(10-14)27-20(31)28-19(13-6-4-12(11-25)5-7-13)18-15(29)2-1-3-16(18)30/h4-10,18-19H,1-3H2,(H2,26,27,28,31). The van der Waals surface area contributed by atoms with E-state index in [4.69, 9.17) is 5.26 Å². The molecule has 0 saturated heterocycles. The number of amides is 2. The maximum absolute atomic E-state index is 12.9. The zero-order valence-electron chi connectivity index (χ0n) is 16.1. The van der Waals surface area contributed by atoms with Crippen molar-refractivity contribution in [2.75, 3.05) is 5.32 Å². The van der Waals surface area contributed by atoms with Gasteiger partial charge in [0.25, 0.3) is 0 Å². The van der Waals surface area contributed by atoms with Crippen molar-refractivity contribution in [2.45, 2.75) is 31.5 Å². The Morgan fingerprint density at radius 1 is 1.13 bits per heavy atom. The average molecular weight is 430 g/mol. The summed E-state index contributed by atoms with van der Waals surface area (Å²) in [4.78, 5) is 41.1. The molecule has 2 N–H and O–H groups in total. The molecule has 0 bridgehead atoms. The van der Waals surface area contributed by atoms with Crippen LogP contribution in [0.15, 0.2) is 42.6 Å². The molecule has 1 saturated carbocycles. The van der Waals surface area contributed by atoms with E-state index in [2.05, 4.69) is 15.6 Å². The zero-order valence-corrected chi connectivity index (χ0v) is 16.1. The van der Waals surface area contributed by atoms with Gasteiger partial charge in [0, 0.05) is 19.0 Å². The van der Waals surface area contributed by atoms with Crippen LogP contribution in [0.2, 0.25) is 0 Å². The van der Waals surface area contributed by atoms with Crippen molar-refractivity contribution in [1.82, 2.24) is 10.3 Å². The van der Waals surface area contributed by atoms with Gasteiger partial charge in [0.2, 0.25) is 0 Å². The highest BCUT2D eigenvalue weighted by Crippen LogP contribution is 2.31. The number of hydrogen-bond donors (Lipinski definition) is 2. The second-order valence-electron chi connectivity index (χ2n) is 7.00. The molecule has 1 aliphatic carbocycles. The Hall–Kier alpha value is -3.74. The van der Waals surface area contributed by atoms with E-state index in [9.17, 15) is 27.6 Å². The number of aromatic nitrogens is 1. The molecule has 0 spiro atoms. The third kappa shape index (κ3) is 5.25. The fourth-order valence-corrected chi connectivity index (χ4v) is 3.39. The number of Topliss-reactive ketones (excluding diaryl/α,β-unsaturated/α-hetero) is 2. The molecule has 1 aliphatic rings. The summed E-state index contributed by atoms with van der Waals surface area (Å²) in [5, 5.41) is 13.7. The molecule has 1 heterocycles. The monoisotopic (exact) mass is 430 g/mol. The molecule has 2 amide bonds. The Balaban J connectivity index is 1.86. The Morgan fingerprint density at radius 3 is 2.35 bits per heavy atom. The number of rotatable bonds is 4. The van der Waals surface area contributed by atoms with Crippen molar-refractivity contribution in [1.29, 1.82) is 5.26 Å². The average Bonchev–Trinajstić information content (AvgIpc) is 2.72. The first-order valence-corrected chi connectivity index (χ1v) is 9.35. The molecule has 10 heteroatoms. The summed E-state index contributed by atoms with van der Waals surface area (Å²) >= 11 is 0. The molecule has 2 aromatic rings. The van der Waals surface area contributed by atoms with E-state index < -0.39 is 29.7 Å². The van der Waals surface area contributed by atoms with Gasteiger partial charge < -0.3 is 5.32 Å². The number of carbonyl (C=O) groups excluding carboxylic acids is 3. The number of urea groups is 1. The predicted molar refractivity (Wildman–Crippen MR) is 103 cm³/mol. The molecule has 1 aromatic heterocycles. The van der Waals surface area contributed by atoms with Crippen molar-refractivity contribution in [3.8, 4) is 6.07 Å². The Kier molecular flexibility index (Phi) is 6.34. The predicted octanol–water partition coefficient (Wildman–Crippen LogP) is 3.77. The van der Waals surface area contributed by atoms with E-state index in [1.54, 1.807) is 0 Å². The maximum atomic E-state index is 12.9. The minimum atomic E-state index is -4.61. The topological polar surface area (TPSA) is 112 Å². The molecular formula is C21H17F3N4O3. The number of hydrogen-bond acceptors (Lipinski definition) is 5. The van der Waals surface area contributed by atoms with Crippen LogP contribution in [0.25, 0.3) is 0 Å². The van der Waals surface area contributed by atoms with Gasteiger partial charge in [-0.15, -0.1) is 0 Å². The van der Waals surface area contributed by atoms with Crippen LogP contribution in [0.3, 0.4) is 0 Å². The number of alkyl halides is 3. The first-order chi connectivity index (χ1) is 14.7. The van der Waals surface area contributed by atoms with E-state index >= 15 is 0 Å². The first kappa shape index (κ1) is 22.0. The summed E-state index contributed by atoms with van der Waals surface area (Å²) < 4.78 is 38.6. The normalized spacial score (nSPS) is 15.8. The summed E-state index contributed by atoms with van der Waals surface area (Å²) in [6.07, 6.45) is -2.91. The van der Waals surface area contributed by atoms with Gasteiger partial charge >= 0.3 is 12.2 Å². The van der Waals surface area contributed by atoms with Gasteiger partial charge in [-0.1, -0.05) is 12.1 Å². The summed E-state index contributed by atoms with van der Waals surface area (Å²) in [7, 11) is 0. The van der Waals surface area contributed by atoms with Crippen molar-refractivity contribution < 1.29 is 27.6 Å². The van der Waals surface area contributed by atoms with Crippen LogP contribution in [0.4, 0.5) is 23.8 Å². The Labute approximate surface area is 175 Å². The number of nitriles is 1. The lowest BCUT2D eigenvalue weighted by molar-refractivity contribution is -0.138. The van der Waals surface area contributed by atoms with E-state index in [1.807, 2.05) is 6.07 Å². The van der Waals surface area contributed by atoms with E-state index in [-0.39, 0.29) is 30.2 Å². The summed E-state index contributed by atoms with van der Waals surface area (Å²) in [6.45, 7) is 0. The molecule has 160 valence electrons. The van der Waals surface area contributed by atoms with E-state index in [0.29, 0.717) is 23.6 Å². The fourth-order valence-electron chi connectivity index (χ4n) is 3.39. The first-order valence-electron chi connectivity index (χ1n) is 9.35. The van der Waals surface area contributed by atoms with Crippen LogP contribution in [0.5, 0.6) is 0 Å². The third-order valence-electron chi connectivity index (χ3n) is 4.89. The van der Waals surface area contributed by atoms with Crippen LogP contribution in [0.1, 0.15) is 42.0 Å². The lowest BCUT2D eigenvalue weighted by Crippen LogP contribution is -2.43. The van der Waals surface area contributed by atoms with Crippen molar-refractivity contribution in [3.63, 3.8) is 0 Å². The van der Waals surface area contributed by atoms with Gasteiger partial charge in [-0.05, 0) is 36.2 Å². The highest BCUT2D eigenvalue weighted by Gasteiger charge is 2.38. The van der Waals surface area contributed by atoms with E-state index in [0.717, 1.165) is 12.3 Å². The lowest BCUT2D eigenvalue weighted by atomic mass is 9.79. The number of ketones is 2. The molecule has 0 aliphatic heterocycles. The summed E-state index contributed by atoms with van der Waals surface area (Å²) in [5.41, 5.74) is -0.222. The highest BCUT2D eigenvalue weighted by atomic mass is 19.4. The number of anilines is 1. The molecule has 1 fully saturated rings. The van der Waals surface area contributed by atoms with Crippen molar-refractivity contribution >= 4 is 23.4 Å². The number of nitrogens with zero attached hydrogens (tertiary/aromatic N) is 2. The zero-order chi connectivity index (χ0) is 22.6. The smallest absolute Gasteiger partial charge is 0.330 e. The second kappa shape index (κ2) is 8.95. The largest absolute Gasteiger partial charge is 0.416 e. The van der Waals surface area contributed by atoms with Gasteiger partial charge in [-0.2, -0.15) is 18.4 Å². The van der Waals surface area contributed by atoms with Crippen LogP contribution in [-0.2, 0) is 15.8 Å². The Morgan fingerprint density at radius 2 is 1.77 bits per heavy atom. The van der Waals surface area contributed by atoms with Crippen molar-refractivity contribution in [2.24, 2.45) is 5.92 Å². The molecular weight excluding hydrogens is 413 g/mol. The van der Waals surface area contributed by atoms with Gasteiger partial charge in [-0.3, -0.25) is 14.9 Å². The van der Waals surface area contributed by atoms with Gasteiger partial charge in [0.15, 0.2) is 0 Å². The molecule has 3 rings (SSSR count). The van der Waals surface area contributed by atoms with Gasteiger partial charge in [0.05, 0.1) is 23.2 Å². The van der Waals surface area contributed by atoms with Gasteiger partial charge in [-0.25, -0.2) is 9.78 Å². The number of benzene rings is 1. The van der Waals surface area contributed by atoms with Crippen LogP contribution >= 0.6 is 0 Å². The molecule has 1 aromatic carbocycles. The number of halogens is 3.